The van der Waals surface area contributed by atoms with E-state index in [-0.39, 0.29) is 12.2 Å². The second-order valence-electron chi connectivity index (χ2n) is 4.16. The van der Waals surface area contributed by atoms with Gasteiger partial charge in [0.2, 0.25) is 0 Å². The number of rotatable bonds is 2. The highest BCUT2D eigenvalue weighted by Crippen LogP contribution is 2.15. The van der Waals surface area contributed by atoms with Crippen molar-refractivity contribution in [3.8, 4) is 11.8 Å². The highest BCUT2D eigenvalue weighted by Gasteiger charge is 2.11. The predicted octanol–water partition coefficient (Wildman–Crippen LogP) is 2.53. The summed E-state index contributed by atoms with van der Waals surface area (Å²) in [6, 6.07) is 9.46. The second kappa shape index (κ2) is 6.64. The van der Waals surface area contributed by atoms with Crippen molar-refractivity contribution in [3.05, 3.63) is 65.2 Å². The number of carbonyl (C=O) groups is 1. The molecule has 0 aromatic heterocycles. The Balaban J connectivity index is 2.28. The number of halogens is 2. The monoisotopic (exact) mass is 286 g/mol. The summed E-state index contributed by atoms with van der Waals surface area (Å²) in [6.07, 6.45) is 0. The van der Waals surface area contributed by atoms with Gasteiger partial charge in [0.05, 0.1) is 12.1 Å². The van der Waals surface area contributed by atoms with E-state index in [1.165, 1.54) is 0 Å². The molecule has 3 N–H and O–H groups in total. The highest BCUT2D eigenvalue weighted by atomic mass is 19.1. The van der Waals surface area contributed by atoms with Crippen LogP contribution in [0.4, 0.5) is 14.5 Å². The van der Waals surface area contributed by atoms with Crippen LogP contribution in [0.1, 0.15) is 15.9 Å². The lowest BCUT2D eigenvalue weighted by Gasteiger charge is -2.07. The maximum Gasteiger partial charge on any atom is 0.256 e. The summed E-state index contributed by atoms with van der Waals surface area (Å²) >= 11 is 0. The Hall–Kier alpha value is -2.71. The normalized spacial score (nSPS) is 9.67. The summed E-state index contributed by atoms with van der Waals surface area (Å²) in [5, 5.41) is 2.44. The Kier molecular flexibility index (Phi) is 4.64. The molecule has 0 bridgehead atoms. The average molecular weight is 286 g/mol. The van der Waals surface area contributed by atoms with Crippen LogP contribution in [0.2, 0.25) is 0 Å². The molecule has 0 aliphatic rings. The average Bonchev–Trinajstić information content (AvgIpc) is 2.44. The van der Waals surface area contributed by atoms with Gasteiger partial charge in [-0.15, -0.1) is 0 Å². The number of benzene rings is 2. The summed E-state index contributed by atoms with van der Waals surface area (Å²) in [4.78, 5) is 12.2. The summed E-state index contributed by atoms with van der Waals surface area (Å²) in [5.41, 5.74) is 6.15. The first-order chi connectivity index (χ1) is 10.1. The van der Waals surface area contributed by atoms with Gasteiger partial charge in [-0.25, -0.2) is 8.78 Å². The maximum atomic E-state index is 13.1. The summed E-state index contributed by atoms with van der Waals surface area (Å²) < 4.78 is 26.2. The molecule has 0 saturated heterocycles. The van der Waals surface area contributed by atoms with Crippen LogP contribution in [-0.4, -0.2) is 12.5 Å². The van der Waals surface area contributed by atoms with E-state index in [0.29, 0.717) is 11.1 Å². The Morgan fingerprint density at radius 2 is 1.81 bits per heavy atom. The third-order valence-corrected chi connectivity index (χ3v) is 2.62. The number of carbonyl (C=O) groups excluding carboxylic acids is 1. The molecule has 0 heterocycles. The first-order valence-corrected chi connectivity index (χ1v) is 6.15. The fraction of sp³-hybridized carbons (Fsp3) is 0.0625. The zero-order valence-electron chi connectivity index (χ0n) is 11.0. The zero-order valence-corrected chi connectivity index (χ0v) is 11.0. The number of nitrogens with one attached hydrogen (secondary N) is 1. The molecule has 2 aromatic rings. The van der Waals surface area contributed by atoms with E-state index >= 15 is 0 Å². The number of amides is 1. The molecular formula is C16H12F2N2O. The van der Waals surface area contributed by atoms with Crippen LogP contribution < -0.4 is 11.1 Å². The van der Waals surface area contributed by atoms with E-state index in [9.17, 15) is 13.6 Å². The van der Waals surface area contributed by atoms with Crippen molar-refractivity contribution in [2.75, 3.05) is 11.9 Å². The van der Waals surface area contributed by atoms with Crippen molar-refractivity contribution in [1.82, 2.24) is 0 Å². The van der Waals surface area contributed by atoms with Gasteiger partial charge in [-0.2, -0.15) is 0 Å². The van der Waals surface area contributed by atoms with Crippen LogP contribution >= 0.6 is 0 Å². The molecule has 0 saturated carbocycles. The van der Waals surface area contributed by atoms with Gasteiger partial charge in [0.1, 0.15) is 11.6 Å². The van der Waals surface area contributed by atoms with Crippen LogP contribution in [0.5, 0.6) is 0 Å². The van der Waals surface area contributed by atoms with E-state index in [1.54, 1.807) is 24.3 Å². The van der Waals surface area contributed by atoms with Gasteiger partial charge in [0.25, 0.3) is 5.91 Å². The molecule has 0 aliphatic carbocycles. The van der Waals surface area contributed by atoms with Gasteiger partial charge in [-0.1, -0.05) is 24.0 Å². The van der Waals surface area contributed by atoms with Crippen molar-refractivity contribution in [3.63, 3.8) is 0 Å². The van der Waals surface area contributed by atoms with Gasteiger partial charge < -0.3 is 11.1 Å². The zero-order chi connectivity index (χ0) is 15.2. The first-order valence-electron chi connectivity index (χ1n) is 6.15. The molecule has 1 amide bonds. The Morgan fingerprint density at radius 3 is 2.48 bits per heavy atom. The predicted molar refractivity (Wildman–Crippen MR) is 76.7 cm³/mol. The molecule has 5 heteroatoms. The molecule has 106 valence electrons. The van der Waals surface area contributed by atoms with Gasteiger partial charge in [-0.05, 0) is 24.3 Å². The third-order valence-electron chi connectivity index (χ3n) is 2.62. The largest absolute Gasteiger partial charge is 0.322 e. The molecule has 0 atom stereocenters. The SMILES string of the molecule is NCC#Cc1ccccc1C(=O)Nc1cc(F)cc(F)c1. The van der Waals surface area contributed by atoms with Crippen molar-refractivity contribution in [2.45, 2.75) is 0 Å². The lowest BCUT2D eigenvalue weighted by Crippen LogP contribution is -2.14. The lowest BCUT2D eigenvalue weighted by atomic mass is 10.1. The summed E-state index contributed by atoms with van der Waals surface area (Å²) in [6.45, 7) is 0.172. The smallest absolute Gasteiger partial charge is 0.256 e. The van der Waals surface area contributed by atoms with E-state index in [2.05, 4.69) is 17.2 Å². The van der Waals surface area contributed by atoms with Crippen molar-refractivity contribution < 1.29 is 13.6 Å². The number of nitrogens with two attached hydrogens (primary N) is 1. The second-order valence-corrected chi connectivity index (χ2v) is 4.16. The molecule has 2 aromatic carbocycles. The molecule has 2 rings (SSSR count). The maximum absolute atomic E-state index is 13.1. The Morgan fingerprint density at radius 1 is 1.14 bits per heavy atom. The van der Waals surface area contributed by atoms with Crippen LogP contribution in [0.3, 0.4) is 0 Å². The molecular weight excluding hydrogens is 274 g/mol. The summed E-state index contributed by atoms with van der Waals surface area (Å²) in [7, 11) is 0. The summed E-state index contributed by atoms with van der Waals surface area (Å²) in [5.74, 6) is 3.41. The number of anilines is 1. The van der Waals surface area contributed by atoms with Crippen LogP contribution in [0, 0.1) is 23.5 Å². The molecule has 0 radical (unpaired) electrons. The standard InChI is InChI=1S/C16H12F2N2O/c17-12-8-13(18)10-14(9-12)20-16(21)15-6-2-1-4-11(15)5-3-7-19/h1-2,4,6,8-10H,7,19H2,(H,20,21). The van der Waals surface area contributed by atoms with Gasteiger partial charge in [-0.3, -0.25) is 4.79 Å². The van der Waals surface area contributed by atoms with Crippen LogP contribution in [0.25, 0.3) is 0 Å². The van der Waals surface area contributed by atoms with E-state index < -0.39 is 17.5 Å². The fourth-order valence-corrected chi connectivity index (χ4v) is 1.76. The minimum Gasteiger partial charge on any atom is -0.322 e. The molecule has 0 unspecified atom stereocenters. The molecule has 0 fully saturated rings. The minimum absolute atomic E-state index is 0.0408. The Labute approximate surface area is 120 Å². The molecule has 21 heavy (non-hydrogen) atoms. The highest BCUT2D eigenvalue weighted by molar-refractivity contribution is 6.06. The van der Waals surface area contributed by atoms with Crippen LogP contribution in [0.15, 0.2) is 42.5 Å². The van der Waals surface area contributed by atoms with Gasteiger partial charge >= 0.3 is 0 Å². The van der Waals surface area contributed by atoms with Crippen LogP contribution in [-0.2, 0) is 0 Å². The first kappa shape index (κ1) is 14.7. The van der Waals surface area contributed by atoms with E-state index in [1.807, 2.05) is 0 Å². The third kappa shape index (κ3) is 3.88. The topological polar surface area (TPSA) is 55.1 Å². The van der Waals surface area contributed by atoms with E-state index in [0.717, 1.165) is 18.2 Å². The fourth-order valence-electron chi connectivity index (χ4n) is 1.76. The van der Waals surface area contributed by atoms with Gasteiger partial charge in [0, 0.05) is 17.3 Å². The van der Waals surface area contributed by atoms with E-state index in [4.69, 9.17) is 5.73 Å². The number of hydrogen-bond acceptors (Lipinski definition) is 2. The lowest BCUT2D eigenvalue weighted by molar-refractivity contribution is 0.102. The Bertz CT molecular complexity index is 712. The minimum atomic E-state index is -0.762. The van der Waals surface area contributed by atoms with Crippen molar-refractivity contribution in [2.24, 2.45) is 5.73 Å². The molecule has 3 nitrogen and oxygen atoms in total. The molecule has 0 aliphatic heterocycles. The van der Waals surface area contributed by atoms with Crippen molar-refractivity contribution in [1.29, 1.82) is 0 Å². The van der Waals surface area contributed by atoms with Gasteiger partial charge in [0.15, 0.2) is 0 Å². The van der Waals surface area contributed by atoms with Crippen molar-refractivity contribution >= 4 is 11.6 Å². The molecule has 0 spiro atoms. The number of hydrogen-bond donors (Lipinski definition) is 2. The quantitative estimate of drug-likeness (QED) is 0.834.